The maximum Gasteiger partial charge on any atom is 0.0220 e. The molecule has 0 aromatic heterocycles. The van der Waals surface area contributed by atoms with E-state index in [0.29, 0.717) is 11.1 Å². The molecule has 1 nitrogen and oxygen atoms in total. The SMILES string of the molecule is CC1C2CC3CC(C2)CC1(NC12CC4CC(CC(C4)C1C)C2)C3. The van der Waals surface area contributed by atoms with E-state index in [9.17, 15) is 0 Å². The van der Waals surface area contributed by atoms with Crippen molar-refractivity contribution in [2.75, 3.05) is 0 Å². The number of nitrogens with one attached hydrogen (secondary N) is 1. The third-order valence-electron chi connectivity index (χ3n) is 10.1. The van der Waals surface area contributed by atoms with E-state index in [1.54, 1.807) is 38.5 Å². The zero-order valence-corrected chi connectivity index (χ0v) is 15.2. The maximum absolute atomic E-state index is 4.57. The Kier molecular flexibility index (Phi) is 2.69. The minimum absolute atomic E-state index is 0.536. The van der Waals surface area contributed by atoms with E-state index in [1.807, 2.05) is 0 Å². The summed E-state index contributed by atoms with van der Waals surface area (Å²) >= 11 is 0. The highest BCUT2D eigenvalue weighted by molar-refractivity contribution is 5.17. The fraction of sp³-hybridized carbons (Fsp3) is 1.00. The Bertz CT molecular complexity index is 450. The predicted octanol–water partition coefficient (Wildman–Crippen LogP) is 5.01. The first-order valence-corrected chi connectivity index (χ1v) is 10.8. The Balaban J connectivity index is 1.36. The van der Waals surface area contributed by atoms with Gasteiger partial charge in [-0.05, 0) is 112 Å². The van der Waals surface area contributed by atoms with Gasteiger partial charge in [-0.3, -0.25) is 0 Å². The molecule has 0 spiro atoms. The quantitative estimate of drug-likeness (QED) is 0.756. The van der Waals surface area contributed by atoms with E-state index in [-0.39, 0.29) is 0 Å². The van der Waals surface area contributed by atoms with Gasteiger partial charge in [-0.25, -0.2) is 0 Å². The summed E-state index contributed by atoms with van der Waals surface area (Å²) in [6.45, 7) is 5.25. The lowest BCUT2D eigenvalue weighted by atomic mass is 9.45. The molecule has 0 amide bonds. The molecule has 0 aliphatic heterocycles. The summed E-state index contributed by atoms with van der Waals surface area (Å²) in [6.07, 6.45) is 15.5. The topological polar surface area (TPSA) is 12.0 Å². The summed E-state index contributed by atoms with van der Waals surface area (Å²) in [5, 5.41) is 4.57. The molecule has 1 N–H and O–H groups in total. The first kappa shape index (κ1) is 14.2. The van der Waals surface area contributed by atoms with Gasteiger partial charge in [0.2, 0.25) is 0 Å². The van der Waals surface area contributed by atoms with Crippen molar-refractivity contribution in [2.24, 2.45) is 47.3 Å². The summed E-state index contributed by atoms with van der Waals surface area (Å²) in [5.41, 5.74) is 1.07. The Hall–Kier alpha value is -0.0400. The molecule has 8 saturated carbocycles. The van der Waals surface area contributed by atoms with Crippen LogP contribution in [-0.2, 0) is 0 Å². The standard InChI is InChI=1S/C22H35N/c1-13-19-5-15-3-16(6-19)10-21(13,9-15)23-22-11-17-4-18(12-22)8-20(7-17)14(22)2/h13-20,23H,3-12H2,1-2H3. The summed E-state index contributed by atoms with van der Waals surface area (Å²) in [4.78, 5) is 0. The van der Waals surface area contributed by atoms with Crippen LogP contribution in [0.5, 0.6) is 0 Å². The zero-order chi connectivity index (χ0) is 15.4. The molecular formula is C22H35N. The fourth-order valence-corrected chi connectivity index (χ4v) is 9.52. The molecule has 8 rings (SSSR count). The molecule has 0 heterocycles. The van der Waals surface area contributed by atoms with Crippen molar-refractivity contribution in [3.63, 3.8) is 0 Å². The molecule has 6 atom stereocenters. The summed E-state index contributed by atoms with van der Waals surface area (Å²) < 4.78 is 0. The van der Waals surface area contributed by atoms with E-state index in [1.165, 1.54) is 25.7 Å². The number of hydrogen-bond acceptors (Lipinski definition) is 1. The van der Waals surface area contributed by atoms with Gasteiger partial charge in [0, 0.05) is 11.1 Å². The van der Waals surface area contributed by atoms with Crippen molar-refractivity contribution in [1.82, 2.24) is 5.32 Å². The molecule has 0 saturated heterocycles. The van der Waals surface area contributed by atoms with Gasteiger partial charge >= 0.3 is 0 Å². The van der Waals surface area contributed by atoms with Gasteiger partial charge in [-0.1, -0.05) is 13.8 Å². The van der Waals surface area contributed by atoms with Crippen molar-refractivity contribution in [3.8, 4) is 0 Å². The Morgan fingerprint density at radius 2 is 0.913 bits per heavy atom. The zero-order valence-electron chi connectivity index (χ0n) is 15.2. The second-order valence-electron chi connectivity index (χ2n) is 11.2. The molecule has 8 aliphatic rings. The van der Waals surface area contributed by atoms with Gasteiger partial charge in [0.15, 0.2) is 0 Å². The van der Waals surface area contributed by atoms with E-state index >= 15 is 0 Å². The van der Waals surface area contributed by atoms with Gasteiger partial charge in [-0.15, -0.1) is 0 Å². The van der Waals surface area contributed by atoms with Gasteiger partial charge < -0.3 is 5.32 Å². The van der Waals surface area contributed by atoms with Crippen molar-refractivity contribution in [2.45, 2.75) is 89.1 Å². The van der Waals surface area contributed by atoms with Crippen LogP contribution in [0.3, 0.4) is 0 Å². The van der Waals surface area contributed by atoms with E-state index in [2.05, 4.69) is 19.2 Å². The van der Waals surface area contributed by atoms with Crippen LogP contribution in [0.2, 0.25) is 0 Å². The third-order valence-corrected chi connectivity index (χ3v) is 10.1. The van der Waals surface area contributed by atoms with Crippen LogP contribution < -0.4 is 5.32 Å². The molecule has 8 aliphatic carbocycles. The highest BCUT2D eigenvalue weighted by atomic mass is 15.1. The fourth-order valence-electron chi connectivity index (χ4n) is 9.52. The lowest BCUT2D eigenvalue weighted by molar-refractivity contribution is -0.129. The van der Waals surface area contributed by atoms with Crippen LogP contribution in [0.25, 0.3) is 0 Å². The summed E-state index contributed by atoms with van der Waals surface area (Å²) in [7, 11) is 0. The molecule has 0 aromatic carbocycles. The molecule has 6 unspecified atom stereocenters. The molecule has 128 valence electrons. The highest BCUT2D eigenvalue weighted by Crippen LogP contribution is 2.63. The summed E-state index contributed by atoms with van der Waals surface area (Å²) in [6, 6.07) is 0. The smallest absolute Gasteiger partial charge is 0.0220 e. The number of hydrogen-bond donors (Lipinski definition) is 1. The third kappa shape index (κ3) is 1.79. The molecular weight excluding hydrogens is 278 g/mol. The van der Waals surface area contributed by atoms with Crippen molar-refractivity contribution >= 4 is 0 Å². The minimum atomic E-state index is 0.536. The van der Waals surface area contributed by atoms with Crippen LogP contribution in [0.4, 0.5) is 0 Å². The average molecular weight is 314 g/mol. The number of rotatable bonds is 2. The van der Waals surface area contributed by atoms with Crippen LogP contribution >= 0.6 is 0 Å². The molecule has 0 radical (unpaired) electrons. The Labute approximate surface area is 142 Å². The van der Waals surface area contributed by atoms with Crippen LogP contribution in [0.15, 0.2) is 0 Å². The summed E-state index contributed by atoms with van der Waals surface area (Å²) in [5.74, 6) is 8.27. The lowest BCUT2D eigenvalue weighted by Gasteiger charge is -2.68. The first-order valence-electron chi connectivity index (χ1n) is 10.8. The monoisotopic (exact) mass is 313 g/mol. The molecule has 1 heteroatoms. The second-order valence-corrected chi connectivity index (χ2v) is 11.2. The van der Waals surface area contributed by atoms with Crippen molar-refractivity contribution < 1.29 is 0 Å². The Morgan fingerprint density at radius 3 is 1.26 bits per heavy atom. The van der Waals surface area contributed by atoms with E-state index in [0.717, 1.165) is 47.3 Å². The molecule has 8 fully saturated rings. The minimum Gasteiger partial charge on any atom is -0.305 e. The van der Waals surface area contributed by atoms with E-state index < -0.39 is 0 Å². The van der Waals surface area contributed by atoms with Crippen LogP contribution in [0.1, 0.15) is 78.1 Å². The van der Waals surface area contributed by atoms with Gasteiger partial charge in [-0.2, -0.15) is 0 Å². The van der Waals surface area contributed by atoms with Gasteiger partial charge in [0.1, 0.15) is 0 Å². The largest absolute Gasteiger partial charge is 0.305 e. The highest BCUT2D eigenvalue weighted by Gasteiger charge is 2.61. The van der Waals surface area contributed by atoms with Crippen molar-refractivity contribution in [1.29, 1.82) is 0 Å². The second kappa shape index (κ2) is 4.37. The normalized spacial score (nSPS) is 65.5. The van der Waals surface area contributed by atoms with Crippen molar-refractivity contribution in [3.05, 3.63) is 0 Å². The molecule has 8 bridgehead atoms. The van der Waals surface area contributed by atoms with Crippen LogP contribution in [0, 0.1) is 47.3 Å². The molecule has 0 aromatic rings. The Morgan fingerprint density at radius 1 is 0.565 bits per heavy atom. The van der Waals surface area contributed by atoms with Crippen LogP contribution in [-0.4, -0.2) is 11.1 Å². The maximum atomic E-state index is 4.57. The molecule has 23 heavy (non-hydrogen) atoms. The lowest BCUT2D eigenvalue weighted by Crippen LogP contribution is -2.73. The average Bonchev–Trinajstić information content (AvgIpc) is 2.48. The van der Waals surface area contributed by atoms with Gasteiger partial charge in [0.05, 0.1) is 0 Å². The predicted molar refractivity (Wildman–Crippen MR) is 94.0 cm³/mol. The van der Waals surface area contributed by atoms with Gasteiger partial charge in [0.25, 0.3) is 0 Å². The van der Waals surface area contributed by atoms with E-state index in [4.69, 9.17) is 0 Å². The first-order chi connectivity index (χ1) is 11.1.